The first kappa shape index (κ1) is 19.6. The molecule has 0 radical (unpaired) electrons. The average molecular weight is 387 g/mol. The fraction of sp³-hybridized carbons (Fsp3) is 0.429. The van der Waals surface area contributed by atoms with Gasteiger partial charge in [0.05, 0.1) is 12.0 Å². The van der Waals surface area contributed by atoms with Gasteiger partial charge in [0.1, 0.15) is 4.88 Å². The lowest BCUT2D eigenvalue weighted by molar-refractivity contribution is 0.0606. The monoisotopic (exact) mass is 386 g/mol. The fourth-order valence-electron chi connectivity index (χ4n) is 3.43. The topological polar surface area (TPSA) is 58.6 Å². The van der Waals surface area contributed by atoms with Crippen molar-refractivity contribution in [3.63, 3.8) is 0 Å². The zero-order chi connectivity index (χ0) is 19.2. The van der Waals surface area contributed by atoms with Crippen LogP contribution in [0.3, 0.4) is 0 Å². The molecule has 5 nitrogen and oxygen atoms in total. The molecule has 1 aromatic carbocycles. The summed E-state index contributed by atoms with van der Waals surface area (Å²) in [6, 6.07) is 12.2. The number of carbonyl (C=O) groups is 2. The SMILES string of the molecule is COC(=O)c1ccc(C(=O)NCc2ccccc2CN2CCCCC2C)s1. The Kier molecular flexibility index (Phi) is 6.63. The Morgan fingerprint density at radius 3 is 2.63 bits per heavy atom. The highest BCUT2D eigenvalue weighted by molar-refractivity contribution is 7.15. The molecule has 1 amide bonds. The molecule has 0 bridgehead atoms. The third-order valence-corrected chi connectivity index (χ3v) is 6.15. The summed E-state index contributed by atoms with van der Waals surface area (Å²) in [5, 5.41) is 2.98. The molecule has 6 heteroatoms. The second-order valence-corrected chi connectivity index (χ2v) is 8.01. The number of likely N-dealkylation sites (tertiary alicyclic amines) is 1. The van der Waals surface area contributed by atoms with E-state index < -0.39 is 5.97 Å². The van der Waals surface area contributed by atoms with Crippen LogP contribution in [-0.2, 0) is 17.8 Å². The molecular weight excluding hydrogens is 360 g/mol. The second kappa shape index (κ2) is 9.15. The molecule has 0 spiro atoms. The van der Waals surface area contributed by atoms with Crippen molar-refractivity contribution < 1.29 is 14.3 Å². The zero-order valence-corrected chi connectivity index (χ0v) is 16.7. The van der Waals surface area contributed by atoms with Crippen molar-refractivity contribution in [3.8, 4) is 0 Å². The molecule has 0 saturated carbocycles. The van der Waals surface area contributed by atoms with Gasteiger partial charge >= 0.3 is 5.97 Å². The highest BCUT2D eigenvalue weighted by Crippen LogP contribution is 2.21. The van der Waals surface area contributed by atoms with Crippen LogP contribution in [0.5, 0.6) is 0 Å². The number of piperidine rings is 1. The Balaban J connectivity index is 1.63. The predicted molar refractivity (Wildman–Crippen MR) is 107 cm³/mol. The summed E-state index contributed by atoms with van der Waals surface area (Å²) >= 11 is 1.15. The first-order valence-electron chi connectivity index (χ1n) is 9.35. The van der Waals surface area contributed by atoms with Gasteiger partial charge in [0.15, 0.2) is 0 Å². The second-order valence-electron chi connectivity index (χ2n) is 6.92. The summed E-state index contributed by atoms with van der Waals surface area (Å²) < 4.78 is 4.69. The number of ether oxygens (including phenoxy) is 1. The van der Waals surface area contributed by atoms with Gasteiger partial charge in [-0.1, -0.05) is 30.7 Å². The number of thiophene rings is 1. The van der Waals surface area contributed by atoms with Crippen molar-refractivity contribution >= 4 is 23.2 Å². The number of nitrogens with zero attached hydrogens (tertiary/aromatic N) is 1. The van der Waals surface area contributed by atoms with Crippen LogP contribution >= 0.6 is 11.3 Å². The molecule has 3 rings (SSSR count). The number of hydrogen-bond donors (Lipinski definition) is 1. The maximum absolute atomic E-state index is 12.4. The smallest absolute Gasteiger partial charge is 0.348 e. The highest BCUT2D eigenvalue weighted by atomic mass is 32.1. The van der Waals surface area contributed by atoms with E-state index in [-0.39, 0.29) is 5.91 Å². The fourth-order valence-corrected chi connectivity index (χ4v) is 4.27. The Labute approximate surface area is 164 Å². The Hall–Kier alpha value is -2.18. The largest absolute Gasteiger partial charge is 0.465 e. The van der Waals surface area contributed by atoms with Gasteiger partial charge in [-0.15, -0.1) is 11.3 Å². The van der Waals surface area contributed by atoms with E-state index in [0.717, 1.165) is 30.0 Å². The van der Waals surface area contributed by atoms with Crippen LogP contribution in [0.2, 0.25) is 0 Å². The van der Waals surface area contributed by atoms with Gasteiger partial charge in [0.25, 0.3) is 5.91 Å². The summed E-state index contributed by atoms with van der Waals surface area (Å²) in [6.07, 6.45) is 3.81. The van der Waals surface area contributed by atoms with Gasteiger partial charge in [0.2, 0.25) is 0 Å². The lowest BCUT2D eigenvalue weighted by Crippen LogP contribution is -2.37. The average Bonchev–Trinajstić information content (AvgIpc) is 3.18. The Morgan fingerprint density at radius 1 is 1.15 bits per heavy atom. The minimum atomic E-state index is -0.417. The zero-order valence-electron chi connectivity index (χ0n) is 15.9. The van der Waals surface area contributed by atoms with E-state index in [1.54, 1.807) is 12.1 Å². The summed E-state index contributed by atoms with van der Waals surface area (Å²) in [7, 11) is 1.34. The van der Waals surface area contributed by atoms with E-state index >= 15 is 0 Å². The first-order valence-corrected chi connectivity index (χ1v) is 10.2. The van der Waals surface area contributed by atoms with Crippen molar-refractivity contribution in [2.45, 2.75) is 45.3 Å². The van der Waals surface area contributed by atoms with E-state index in [9.17, 15) is 9.59 Å². The van der Waals surface area contributed by atoms with E-state index in [4.69, 9.17) is 4.74 Å². The van der Waals surface area contributed by atoms with Gasteiger partial charge in [-0.2, -0.15) is 0 Å². The van der Waals surface area contributed by atoms with Crippen LogP contribution in [0.15, 0.2) is 36.4 Å². The van der Waals surface area contributed by atoms with E-state index in [1.807, 2.05) is 6.07 Å². The van der Waals surface area contributed by atoms with Crippen molar-refractivity contribution in [3.05, 3.63) is 57.3 Å². The number of methoxy groups -OCH3 is 1. The van der Waals surface area contributed by atoms with Crippen molar-refractivity contribution in [1.29, 1.82) is 0 Å². The van der Waals surface area contributed by atoms with Crippen molar-refractivity contribution in [2.75, 3.05) is 13.7 Å². The number of amides is 1. The predicted octanol–water partition coefficient (Wildman–Crippen LogP) is 3.84. The molecule has 2 aromatic rings. The molecule has 1 fully saturated rings. The number of nitrogens with one attached hydrogen (secondary N) is 1. The molecule has 1 aliphatic heterocycles. The molecular formula is C21H26N2O3S. The van der Waals surface area contributed by atoms with Crippen molar-refractivity contribution in [2.24, 2.45) is 0 Å². The van der Waals surface area contributed by atoms with Crippen LogP contribution in [0.4, 0.5) is 0 Å². The lowest BCUT2D eigenvalue weighted by atomic mass is 10.0. The van der Waals surface area contributed by atoms with Gasteiger partial charge in [-0.3, -0.25) is 9.69 Å². The van der Waals surface area contributed by atoms with E-state index in [0.29, 0.717) is 22.3 Å². The summed E-state index contributed by atoms with van der Waals surface area (Å²) in [4.78, 5) is 27.4. The molecule has 27 heavy (non-hydrogen) atoms. The van der Waals surface area contributed by atoms with Crippen LogP contribution in [0, 0.1) is 0 Å². The molecule has 1 N–H and O–H groups in total. The molecule has 0 aliphatic carbocycles. The number of benzene rings is 1. The standard InChI is InChI=1S/C21H26N2O3S/c1-15-7-5-6-12-23(15)14-17-9-4-3-8-16(17)13-22-20(24)18-10-11-19(27-18)21(25)26-2/h3-4,8-11,15H,5-7,12-14H2,1-2H3,(H,22,24). The lowest BCUT2D eigenvalue weighted by Gasteiger charge is -2.33. The molecule has 1 atom stereocenters. The van der Waals surface area contributed by atoms with Crippen LogP contribution in [-0.4, -0.2) is 36.5 Å². The van der Waals surface area contributed by atoms with Gasteiger partial charge in [-0.05, 0) is 49.6 Å². The van der Waals surface area contributed by atoms with Gasteiger partial charge in [0, 0.05) is 19.1 Å². The number of hydrogen-bond acceptors (Lipinski definition) is 5. The highest BCUT2D eigenvalue weighted by Gasteiger charge is 2.19. The Morgan fingerprint density at radius 2 is 1.89 bits per heavy atom. The number of carbonyl (C=O) groups excluding carboxylic acids is 2. The third-order valence-electron chi connectivity index (χ3n) is 5.09. The van der Waals surface area contributed by atoms with Gasteiger partial charge < -0.3 is 10.1 Å². The maximum atomic E-state index is 12.4. The summed E-state index contributed by atoms with van der Waals surface area (Å²) in [5.74, 6) is -0.587. The maximum Gasteiger partial charge on any atom is 0.348 e. The molecule has 1 unspecified atom stereocenters. The van der Waals surface area contributed by atoms with Crippen LogP contribution in [0.1, 0.15) is 56.7 Å². The Bertz CT molecular complexity index is 802. The molecule has 1 aliphatic rings. The molecule has 144 valence electrons. The first-order chi connectivity index (χ1) is 13.1. The van der Waals surface area contributed by atoms with E-state index in [2.05, 4.69) is 35.3 Å². The molecule has 1 aromatic heterocycles. The molecule has 2 heterocycles. The van der Waals surface area contributed by atoms with E-state index in [1.165, 1.54) is 31.9 Å². The minimum absolute atomic E-state index is 0.170. The normalized spacial score (nSPS) is 17.5. The van der Waals surface area contributed by atoms with Crippen LogP contribution in [0.25, 0.3) is 0 Å². The number of esters is 1. The minimum Gasteiger partial charge on any atom is -0.465 e. The van der Waals surface area contributed by atoms with Crippen molar-refractivity contribution in [1.82, 2.24) is 10.2 Å². The number of rotatable bonds is 6. The summed E-state index contributed by atoms with van der Waals surface area (Å²) in [5.41, 5.74) is 2.39. The van der Waals surface area contributed by atoms with Gasteiger partial charge in [-0.25, -0.2) is 4.79 Å². The third kappa shape index (κ3) is 4.96. The quantitative estimate of drug-likeness (QED) is 0.767. The summed E-state index contributed by atoms with van der Waals surface area (Å²) in [6.45, 7) is 4.81. The van der Waals surface area contributed by atoms with Crippen LogP contribution < -0.4 is 5.32 Å². The molecule has 1 saturated heterocycles.